The van der Waals surface area contributed by atoms with Crippen LogP contribution in [-0.2, 0) is 4.74 Å². The highest BCUT2D eigenvalue weighted by Crippen LogP contribution is 2.31. The molecule has 7 nitrogen and oxygen atoms in total. The Morgan fingerprint density at radius 2 is 2.07 bits per heavy atom. The number of esters is 1. The number of methoxy groups -OCH3 is 2. The van der Waals surface area contributed by atoms with Crippen molar-refractivity contribution in [3.63, 3.8) is 0 Å². The van der Waals surface area contributed by atoms with E-state index >= 15 is 0 Å². The van der Waals surface area contributed by atoms with Gasteiger partial charge in [-0.3, -0.25) is 4.99 Å². The fraction of sp³-hybridized carbons (Fsp3) is 0.200. The van der Waals surface area contributed by atoms with Gasteiger partial charge < -0.3 is 14.8 Å². The van der Waals surface area contributed by atoms with Gasteiger partial charge in [0.2, 0.25) is 0 Å². The molecule has 1 aromatic carbocycles. The summed E-state index contributed by atoms with van der Waals surface area (Å²) in [6.45, 7) is 1.90. The Morgan fingerprint density at radius 3 is 2.75 bits per heavy atom. The molecule has 0 spiro atoms. The molecule has 0 saturated carbocycles. The van der Waals surface area contributed by atoms with Crippen LogP contribution in [0.25, 0.3) is 16.5 Å². The fourth-order valence-electron chi connectivity index (χ4n) is 2.65. The van der Waals surface area contributed by atoms with Crippen molar-refractivity contribution in [2.75, 3.05) is 26.6 Å². The molecule has 2 aromatic heterocycles. The van der Waals surface area contributed by atoms with Gasteiger partial charge in [0, 0.05) is 35.0 Å². The van der Waals surface area contributed by atoms with Crippen LogP contribution in [0.5, 0.6) is 5.75 Å². The molecule has 0 fully saturated rings. The third-order valence-corrected chi connectivity index (χ3v) is 4.80. The summed E-state index contributed by atoms with van der Waals surface area (Å²) in [7, 11) is 4.66. The Kier molecular flexibility index (Phi) is 6.00. The maximum absolute atomic E-state index is 12.0. The highest BCUT2D eigenvalue weighted by atomic mass is 32.1. The highest BCUT2D eigenvalue weighted by Gasteiger charge is 2.16. The molecule has 0 aliphatic heterocycles. The summed E-state index contributed by atoms with van der Waals surface area (Å²) >= 11 is 1.40. The lowest BCUT2D eigenvalue weighted by Crippen LogP contribution is -2.06. The first-order valence-corrected chi connectivity index (χ1v) is 9.41. The molecule has 3 rings (SSSR count). The average Bonchev–Trinajstić information content (AvgIpc) is 3.19. The van der Waals surface area contributed by atoms with Gasteiger partial charge in [-0.15, -0.1) is 11.3 Å². The van der Waals surface area contributed by atoms with Crippen molar-refractivity contribution in [1.82, 2.24) is 9.97 Å². The Morgan fingerprint density at radius 1 is 1.25 bits per heavy atom. The second-order valence-corrected chi connectivity index (χ2v) is 6.47. The predicted molar refractivity (Wildman–Crippen MR) is 113 cm³/mol. The Balaban J connectivity index is 2.18. The molecular weight excluding hydrogens is 376 g/mol. The molecule has 0 aliphatic carbocycles. The normalized spacial score (nSPS) is 11.8. The Labute approximate surface area is 166 Å². The van der Waals surface area contributed by atoms with E-state index in [1.54, 1.807) is 25.8 Å². The maximum atomic E-state index is 12.0. The number of hydrogen-bond donors (Lipinski definition) is 1. The van der Waals surface area contributed by atoms with Crippen molar-refractivity contribution in [3.8, 4) is 5.75 Å². The van der Waals surface area contributed by atoms with Crippen LogP contribution < -0.4 is 10.1 Å². The summed E-state index contributed by atoms with van der Waals surface area (Å²) < 4.78 is 10.2. The lowest BCUT2D eigenvalue weighted by molar-refractivity contribution is 0.0602. The van der Waals surface area contributed by atoms with Gasteiger partial charge in [0.25, 0.3) is 0 Å². The molecule has 0 radical (unpaired) electrons. The number of nitrogens with one attached hydrogen (secondary N) is 1. The molecule has 0 atom stereocenters. The first kappa shape index (κ1) is 19.5. The zero-order chi connectivity index (χ0) is 20.1. The predicted octanol–water partition coefficient (Wildman–Crippen LogP) is 4.33. The first-order chi connectivity index (χ1) is 13.6. The molecular formula is C20H20N4O3S. The van der Waals surface area contributed by atoms with Crippen LogP contribution in [0, 0.1) is 0 Å². The Hall–Kier alpha value is -3.26. The van der Waals surface area contributed by atoms with E-state index in [2.05, 4.69) is 20.3 Å². The van der Waals surface area contributed by atoms with E-state index in [0.717, 1.165) is 16.5 Å². The van der Waals surface area contributed by atoms with Crippen molar-refractivity contribution in [2.24, 2.45) is 4.99 Å². The van der Waals surface area contributed by atoms with Crippen molar-refractivity contribution < 1.29 is 14.3 Å². The fourth-order valence-corrected chi connectivity index (χ4v) is 3.40. The van der Waals surface area contributed by atoms with Gasteiger partial charge in [0.05, 0.1) is 31.0 Å². The van der Waals surface area contributed by atoms with Crippen molar-refractivity contribution in [1.29, 1.82) is 0 Å². The van der Waals surface area contributed by atoms with Gasteiger partial charge >= 0.3 is 5.97 Å². The molecule has 0 amide bonds. The number of carbonyl (C=O) groups excluding carboxylic acids is 1. The van der Waals surface area contributed by atoms with E-state index in [9.17, 15) is 4.79 Å². The summed E-state index contributed by atoms with van der Waals surface area (Å²) in [5, 5.41) is 7.60. The van der Waals surface area contributed by atoms with E-state index in [-0.39, 0.29) is 0 Å². The van der Waals surface area contributed by atoms with Crippen LogP contribution in [0.3, 0.4) is 0 Å². The number of benzene rings is 1. The van der Waals surface area contributed by atoms with Crippen LogP contribution in [0.2, 0.25) is 0 Å². The summed E-state index contributed by atoms with van der Waals surface area (Å²) in [6, 6.07) is 5.57. The Bertz CT molecular complexity index is 1070. The van der Waals surface area contributed by atoms with Crippen molar-refractivity contribution in [3.05, 3.63) is 46.4 Å². The van der Waals surface area contributed by atoms with Crippen LogP contribution in [0.15, 0.2) is 40.0 Å². The van der Waals surface area contributed by atoms with Crippen LogP contribution in [0.4, 0.5) is 11.5 Å². The van der Waals surface area contributed by atoms with Gasteiger partial charge in [-0.25, -0.2) is 14.8 Å². The number of hydrogen-bond acceptors (Lipinski definition) is 8. The molecule has 3 aromatic rings. The molecule has 8 heteroatoms. The van der Waals surface area contributed by atoms with Crippen molar-refractivity contribution >= 4 is 51.5 Å². The molecule has 0 bridgehead atoms. The number of aliphatic imine (C=N–C) groups is 1. The number of thiophene rings is 1. The summed E-state index contributed by atoms with van der Waals surface area (Å²) in [6.07, 6.45) is 3.60. The van der Waals surface area contributed by atoms with Gasteiger partial charge in [0.1, 0.15) is 11.6 Å². The lowest BCUT2D eigenvalue weighted by atomic mass is 10.2. The molecule has 2 heterocycles. The SMILES string of the molecule is C/C=C(\C=NC)c1nc(Nc2cscc2C(=O)OC)c2cc(OC)ccc2n1. The number of anilines is 2. The van der Waals surface area contributed by atoms with E-state index in [1.807, 2.05) is 36.6 Å². The van der Waals surface area contributed by atoms with E-state index in [1.165, 1.54) is 18.4 Å². The third-order valence-electron chi connectivity index (χ3n) is 4.06. The minimum Gasteiger partial charge on any atom is -0.497 e. The van der Waals surface area contributed by atoms with Crippen LogP contribution in [-0.4, -0.2) is 43.4 Å². The van der Waals surface area contributed by atoms with Crippen LogP contribution in [0.1, 0.15) is 23.1 Å². The van der Waals surface area contributed by atoms with Gasteiger partial charge in [0.15, 0.2) is 5.82 Å². The summed E-state index contributed by atoms with van der Waals surface area (Å²) in [5.41, 5.74) is 2.61. The maximum Gasteiger partial charge on any atom is 0.340 e. The number of carbonyl (C=O) groups is 1. The lowest BCUT2D eigenvalue weighted by Gasteiger charge is -2.12. The standard InChI is InChI=1S/C20H20N4O3S/c1-5-12(9-21-2)18-22-16-7-6-13(26-3)8-14(16)19(24-18)23-17-11-28-10-15(17)20(25)27-4/h5-11H,1-4H3,(H,22,23,24)/b12-5+,21-9?. The zero-order valence-corrected chi connectivity index (χ0v) is 16.8. The minimum absolute atomic E-state index is 0.410. The van der Waals surface area contributed by atoms with E-state index in [4.69, 9.17) is 9.47 Å². The largest absolute Gasteiger partial charge is 0.497 e. The number of rotatable bonds is 6. The molecule has 0 saturated heterocycles. The molecule has 0 aliphatic rings. The highest BCUT2D eigenvalue weighted by molar-refractivity contribution is 7.08. The molecule has 1 N–H and O–H groups in total. The topological polar surface area (TPSA) is 85.7 Å². The molecule has 144 valence electrons. The monoisotopic (exact) mass is 396 g/mol. The van der Waals surface area contributed by atoms with Gasteiger partial charge in [-0.05, 0) is 25.1 Å². The van der Waals surface area contributed by atoms with Gasteiger partial charge in [-0.2, -0.15) is 0 Å². The van der Waals surface area contributed by atoms with Gasteiger partial charge in [-0.1, -0.05) is 6.08 Å². The van der Waals surface area contributed by atoms with Crippen molar-refractivity contribution in [2.45, 2.75) is 6.92 Å². The second kappa shape index (κ2) is 8.62. The summed E-state index contributed by atoms with van der Waals surface area (Å²) in [4.78, 5) is 25.4. The minimum atomic E-state index is -0.410. The number of nitrogens with zero attached hydrogens (tertiary/aromatic N) is 3. The number of allylic oxidation sites excluding steroid dienone is 2. The molecule has 0 unspecified atom stereocenters. The number of ether oxygens (including phenoxy) is 2. The van der Waals surface area contributed by atoms with E-state index in [0.29, 0.717) is 28.6 Å². The number of fused-ring (bicyclic) bond motifs is 1. The smallest absolute Gasteiger partial charge is 0.340 e. The molecule has 28 heavy (non-hydrogen) atoms. The average molecular weight is 396 g/mol. The third kappa shape index (κ3) is 3.86. The van der Waals surface area contributed by atoms with Crippen LogP contribution >= 0.6 is 11.3 Å². The first-order valence-electron chi connectivity index (χ1n) is 8.47. The summed E-state index contributed by atoms with van der Waals surface area (Å²) in [5.74, 6) is 1.37. The number of aromatic nitrogens is 2. The second-order valence-electron chi connectivity index (χ2n) is 5.73. The van der Waals surface area contributed by atoms with E-state index < -0.39 is 5.97 Å². The quantitative estimate of drug-likeness (QED) is 0.493. The zero-order valence-electron chi connectivity index (χ0n) is 16.0.